The quantitative estimate of drug-likeness (QED) is 0.643. The van der Waals surface area contributed by atoms with Gasteiger partial charge in [-0.1, -0.05) is 31.9 Å². The van der Waals surface area contributed by atoms with E-state index in [1.807, 2.05) is 24.3 Å². The number of hydrogen-bond acceptors (Lipinski definition) is 4. The molecule has 2 unspecified atom stereocenters. The van der Waals surface area contributed by atoms with E-state index in [-0.39, 0.29) is 19.1 Å². The Labute approximate surface area is 138 Å². The normalized spacial score (nSPS) is 21.0. The van der Waals surface area contributed by atoms with Crippen LogP contribution in [0, 0.1) is 5.92 Å². The molecule has 5 nitrogen and oxygen atoms in total. The number of aliphatic hydroxyl groups is 1. The Morgan fingerprint density at radius 2 is 2.17 bits per heavy atom. The van der Waals surface area contributed by atoms with Gasteiger partial charge in [-0.05, 0) is 36.5 Å². The van der Waals surface area contributed by atoms with Crippen molar-refractivity contribution in [2.24, 2.45) is 5.92 Å². The summed E-state index contributed by atoms with van der Waals surface area (Å²) >= 11 is 0. The average Bonchev–Trinajstić information content (AvgIpc) is 2.58. The summed E-state index contributed by atoms with van der Waals surface area (Å²) in [5, 5.41) is 15.0. The van der Waals surface area contributed by atoms with Gasteiger partial charge in [0.1, 0.15) is 0 Å². The zero-order valence-electron chi connectivity index (χ0n) is 13.9. The summed E-state index contributed by atoms with van der Waals surface area (Å²) in [5.74, 6) is 0.569. The molecule has 2 atom stereocenters. The second-order valence-corrected chi connectivity index (χ2v) is 6.23. The van der Waals surface area contributed by atoms with Crippen molar-refractivity contribution in [3.8, 4) is 0 Å². The smallest absolute Gasteiger partial charge is 0.239 e. The number of hydrogen-bond donors (Lipinski definition) is 3. The van der Waals surface area contributed by atoms with Crippen LogP contribution in [0.5, 0.6) is 0 Å². The fourth-order valence-corrected chi connectivity index (χ4v) is 2.96. The van der Waals surface area contributed by atoms with E-state index in [0.29, 0.717) is 25.2 Å². The van der Waals surface area contributed by atoms with Gasteiger partial charge in [-0.15, -0.1) is 0 Å². The van der Waals surface area contributed by atoms with Crippen LogP contribution in [0.1, 0.15) is 38.2 Å². The fourth-order valence-electron chi connectivity index (χ4n) is 2.96. The minimum absolute atomic E-state index is 0.00134. The lowest BCUT2D eigenvalue weighted by Gasteiger charge is -2.28. The maximum atomic E-state index is 11.8. The Morgan fingerprint density at radius 3 is 2.96 bits per heavy atom. The summed E-state index contributed by atoms with van der Waals surface area (Å²) in [6.07, 6.45) is 5.28. The van der Waals surface area contributed by atoms with Gasteiger partial charge >= 0.3 is 0 Å². The van der Waals surface area contributed by atoms with Crippen LogP contribution in [0.25, 0.3) is 0 Å². The van der Waals surface area contributed by atoms with Crippen LogP contribution >= 0.6 is 0 Å². The van der Waals surface area contributed by atoms with Crippen molar-refractivity contribution in [1.29, 1.82) is 0 Å². The number of benzene rings is 1. The second-order valence-electron chi connectivity index (χ2n) is 6.23. The monoisotopic (exact) mass is 320 g/mol. The molecule has 2 rings (SSSR count). The van der Waals surface area contributed by atoms with Gasteiger partial charge in [0.15, 0.2) is 0 Å². The number of rotatable bonds is 8. The van der Waals surface area contributed by atoms with Crippen molar-refractivity contribution in [2.45, 2.75) is 45.3 Å². The largest absolute Gasteiger partial charge is 0.392 e. The molecule has 0 heterocycles. The minimum atomic E-state index is -0.0558. The number of carbonyl (C=O) groups excluding carboxylic acids is 1. The van der Waals surface area contributed by atoms with Gasteiger partial charge in [-0.3, -0.25) is 4.79 Å². The molecule has 1 amide bonds. The molecule has 0 aromatic heterocycles. The van der Waals surface area contributed by atoms with Crippen LogP contribution in [-0.2, 0) is 16.1 Å². The summed E-state index contributed by atoms with van der Waals surface area (Å²) in [4.78, 5) is 11.8. The molecule has 0 aliphatic heterocycles. The first-order chi connectivity index (χ1) is 11.2. The van der Waals surface area contributed by atoms with E-state index in [2.05, 4.69) is 17.6 Å². The van der Waals surface area contributed by atoms with Gasteiger partial charge in [-0.2, -0.15) is 0 Å². The van der Waals surface area contributed by atoms with E-state index in [9.17, 15) is 4.79 Å². The molecule has 0 radical (unpaired) electrons. The van der Waals surface area contributed by atoms with E-state index >= 15 is 0 Å². The molecule has 128 valence electrons. The van der Waals surface area contributed by atoms with Gasteiger partial charge in [0, 0.05) is 12.2 Å². The highest BCUT2D eigenvalue weighted by Crippen LogP contribution is 2.25. The van der Waals surface area contributed by atoms with Crippen molar-refractivity contribution >= 4 is 11.6 Å². The summed E-state index contributed by atoms with van der Waals surface area (Å²) in [5.41, 5.74) is 1.66. The maximum Gasteiger partial charge on any atom is 0.239 e. The summed E-state index contributed by atoms with van der Waals surface area (Å²) in [6, 6.07) is 7.40. The molecule has 1 aliphatic rings. The first-order valence-corrected chi connectivity index (χ1v) is 8.51. The molecular weight excluding hydrogens is 292 g/mol. The van der Waals surface area contributed by atoms with Crippen LogP contribution in [0.3, 0.4) is 0 Å². The van der Waals surface area contributed by atoms with Crippen LogP contribution in [-0.4, -0.2) is 36.8 Å². The van der Waals surface area contributed by atoms with Gasteiger partial charge in [0.2, 0.25) is 5.91 Å². The third-order valence-corrected chi connectivity index (χ3v) is 4.35. The second kappa shape index (κ2) is 9.53. The highest BCUT2D eigenvalue weighted by atomic mass is 16.5. The predicted molar refractivity (Wildman–Crippen MR) is 91.2 cm³/mol. The Kier molecular flexibility index (Phi) is 7.36. The number of amides is 1. The van der Waals surface area contributed by atoms with E-state index in [1.54, 1.807) is 0 Å². The van der Waals surface area contributed by atoms with Gasteiger partial charge in [0.05, 0.1) is 25.9 Å². The molecule has 3 N–H and O–H groups in total. The molecule has 0 spiro atoms. The summed E-state index contributed by atoms with van der Waals surface area (Å²) in [6.45, 7) is 3.57. The first-order valence-electron chi connectivity index (χ1n) is 8.51. The maximum absolute atomic E-state index is 11.8. The Bertz CT molecular complexity index is 493. The van der Waals surface area contributed by atoms with Crippen molar-refractivity contribution in [3.63, 3.8) is 0 Å². The van der Waals surface area contributed by atoms with Crippen LogP contribution in [0.4, 0.5) is 5.69 Å². The Morgan fingerprint density at radius 1 is 1.35 bits per heavy atom. The number of ether oxygens (including phenoxy) is 1. The Balaban J connectivity index is 1.59. The van der Waals surface area contributed by atoms with Crippen molar-refractivity contribution in [2.75, 3.05) is 25.0 Å². The van der Waals surface area contributed by atoms with Gasteiger partial charge < -0.3 is 20.5 Å². The third kappa shape index (κ3) is 6.20. The zero-order valence-corrected chi connectivity index (χ0v) is 13.9. The molecule has 1 aliphatic carbocycles. The number of nitrogens with one attached hydrogen (secondary N) is 2. The highest BCUT2D eigenvalue weighted by Gasteiger charge is 2.21. The molecule has 0 saturated heterocycles. The van der Waals surface area contributed by atoms with Crippen LogP contribution < -0.4 is 10.6 Å². The van der Waals surface area contributed by atoms with Crippen molar-refractivity contribution < 1.29 is 14.6 Å². The molecule has 0 bridgehead atoms. The molecule has 1 aromatic rings. The summed E-state index contributed by atoms with van der Waals surface area (Å²) in [7, 11) is 0. The minimum Gasteiger partial charge on any atom is -0.392 e. The van der Waals surface area contributed by atoms with Crippen LogP contribution in [0.15, 0.2) is 24.3 Å². The SMILES string of the molecule is CC1CCCCC1OCCNC(=O)CNc1cccc(CO)c1. The van der Waals surface area contributed by atoms with Crippen molar-refractivity contribution in [3.05, 3.63) is 29.8 Å². The third-order valence-electron chi connectivity index (χ3n) is 4.35. The molecular formula is C18H28N2O3. The number of aliphatic hydroxyl groups excluding tert-OH is 1. The average molecular weight is 320 g/mol. The number of anilines is 1. The molecule has 1 fully saturated rings. The predicted octanol–water partition coefficient (Wildman–Crippen LogP) is 2.30. The number of carbonyl (C=O) groups is 1. The van der Waals surface area contributed by atoms with Crippen molar-refractivity contribution in [1.82, 2.24) is 5.32 Å². The van der Waals surface area contributed by atoms with Crippen LogP contribution in [0.2, 0.25) is 0 Å². The zero-order chi connectivity index (χ0) is 16.5. The molecule has 1 saturated carbocycles. The molecule has 5 heteroatoms. The van der Waals surface area contributed by atoms with E-state index in [4.69, 9.17) is 9.84 Å². The topological polar surface area (TPSA) is 70.6 Å². The van der Waals surface area contributed by atoms with E-state index < -0.39 is 0 Å². The van der Waals surface area contributed by atoms with E-state index in [0.717, 1.165) is 17.7 Å². The lowest BCUT2D eigenvalue weighted by Crippen LogP contribution is -2.34. The molecule has 1 aromatic carbocycles. The lowest BCUT2D eigenvalue weighted by atomic mass is 9.88. The van der Waals surface area contributed by atoms with Gasteiger partial charge in [0.25, 0.3) is 0 Å². The lowest BCUT2D eigenvalue weighted by molar-refractivity contribution is -0.119. The first kappa shape index (κ1) is 17.8. The highest BCUT2D eigenvalue weighted by molar-refractivity contribution is 5.80. The van der Waals surface area contributed by atoms with E-state index in [1.165, 1.54) is 19.3 Å². The Hall–Kier alpha value is -1.59. The van der Waals surface area contributed by atoms with Gasteiger partial charge in [-0.25, -0.2) is 0 Å². The summed E-state index contributed by atoms with van der Waals surface area (Å²) < 4.78 is 5.88. The molecule has 23 heavy (non-hydrogen) atoms. The fraction of sp³-hybridized carbons (Fsp3) is 0.611. The standard InChI is InChI=1S/C18H28N2O3/c1-14-5-2-3-8-17(14)23-10-9-19-18(22)12-20-16-7-4-6-15(11-16)13-21/h4,6-7,11,14,17,20-21H,2-3,5,8-10,12-13H2,1H3,(H,19,22).